The van der Waals surface area contributed by atoms with Crippen LogP contribution in [-0.4, -0.2) is 29.4 Å². The van der Waals surface area contributed by atoms with Crippen molar-refractivity contribution in [1.82, 2.24) is 9.71 Å². The molecule has 0 aliphatic carbocycles. The summed E-state index contributed by atoms with van der Waals surface area (Å²) in [4.78, 5) is 39.4. The van der Waals surface area contributed by atoms with E-state index >= 15 is 0 Å². The summed E-state index contributed by atoms with van der Waals surface area (Å²) in [5, 5.41) is 0. The van der Waals surface area contributed by atoms with Gasteiger partial charge in [0.05, 0.1) is 7.11 Å². The van der Waals surface area contributed by atoms with E-state index in [4.69, 9.17) is 0 Å². The van der Waals surface area contributed by atoms with Crippen LogP contribution in [0.15, 0.2) is 21.9 Å². The van der Waals surface area contributed by atoms with Gasteiger partial charge >= 0.3 is 11.7 Å². The van der Waals surface area contributed by atoms with Gasteiger partial charge in [-0.05, 0) is 0 Å². The third-order valence-corrected chi connectivity index (χ3v) is 1.36. The first kappa shape index (κ1) is 10.0. The Kier molecular flexibility index (Phi) is 3.05. The van der Waals surface area contributed by atoms with Gasteiger partial charge < -0.3 is 14.6 Å². The molecule has 14 heavy (non-hydrogen) atoms. The number of nitrogens with zero attached hydrogens (tertiary/aromatic N) is 1. The first-order valence-electron chi connectivity index (χ1n) is 3.66. The van der Waals surface area contributed by atoms with Gasteiger partial charge in [0, 0.05) is 12.3 Å². The molecule has 7 heteroatoms. The summed E-state index contributed by atoms with van der Waals surface area (Å²) in [6.45, 7) is -0.497. The Morgan fingerprint density at radius 1 is 1.57 bits per heavy atom. The molecule has 0 atom stereocenters. The summed E-state index contributed by atoms with van der Waals surface area (Å²) in [6, 6.07) is 1.10. The Morgan fingerprint density at radius 3 is 2.86 bits per heavy atom. The van der Waals surface area contributed by atoms with Crippen LogP contribution in [0.25, 0.3) is 0 Å². The fourth-order valence-electron chi connectivity index (χ4n) is 0.709. The second-order valence-corrected chi connectivity index (χ2v) is 2.27. The summed E-state index contributed by atoms with van der Waals surface area (Å²) >= 11 is 0. The minimum atomic E-state index is -0.749. The second-order valence-electron chi connectivity index (χ2n) is 2.27. The number of nitrogens with one attached hydrogen (secondary N) is 1. The lowest BCUT2D eigenvalue weighted by atomic mass is 10.7. The molecular weight excluding hydrogens is 192 g/mol. The van der Waals surface area contributed by atoms with Crippen molar-refractivity contribution in [3.63, 3.8) is 0 Å². The number of H-pyrrole nitrogens is 1. The molecule has 0 saturated carbocycles. The molecular formula is C7H8N2O5. The fourth-order valence-corrected chi connectivity index (χ4v) is 0.709. The number of aromatic nitrogens is 2. The molecule has 1 rings (SSSR count). The summed E-state index contributed by atoms with van der Waals surface area (Å²) < 4.78 is 4.70. The highest BCUT2D eigenvalue weighted by Crippen LogP contribution is 1.71. The third-order valence-electron chi connectivity index (χ3n) is 1.36. The van der Waals surface area contributed by atoms with E-state index in [1.165, 1.54) is 13.3 Å². The Hall–Kier alpha value is -2.05. The summed E-state index contributed by atoms with van der Waals surface area (Å²) in [6.07, 6.45) is 1.18. The SMILES string of the molecule is COC(=O)COn1c(=O)cc[nH]c1=O. The van der Waals surface area contributed by atoms with Gasteiger partial charge in [-0.3, -0.25) is 4.79 Å². The molecule has 0 amide bonds. The van der Waals surface area contributed by atoms with Crippen LogP contribution in [0.1, 0.15) is 0 Å². The molecule has 1 aromatic heterocycles. The lowest BCUT2D eigenvalue weighted by Gasteiger charge is -2.03. The average molecular weight is 200 g/mol. The molecule has 1 aromatic rings. The van der Waals surface area contributed by atoms with Crippen LogP contribution in [0.2, 0.25) is 0 Å². The van der Waals surface area contributed by atoms with Crippen LogP contribution in [0.4, 0.5) is 0 Å². The molecule has 0 saturated heterocycles. The van der Waals surface area contributed by atoms with Crippen LogP contribution in [0.3, 0.4) is 0 Å². The fraction of sp³-hybridized carbons (Fsp3) is 0.286. The highest BCUT2D eigenvalue weighted by molar-refractivity contribution is 5.70. The molecule has 0 radical (unpaired) electrons. The van der Waals surface area contributed by atoms with Crippen LogP contribution < -0.4 is 16.1 Å². The minimum absolute atomic E-state index is 0.441. The Bertz CT molecular complexity index is 404. The molecule has 0 spiro atoms. The van der Waals surface area contributed by atoms with Crippen LogP contribution in [0, 0.1) is 0 Å². The van der Waals surface area contributed by atoms with Crippen LogP contribution >= 0.6 is 0 Å². The van der Waals surface area contributed by atoms with E-state index in [1.807, 2.05) is 0 Å². The van der Waals surface area contributed by atoms with Crippen LogP contribution in [0.5, 0.6) is 0 Å². The highest BCUT2D eigenvalue weighted by Gasteiger charge is 2.04. The monoisotopic (exact) mass is 200 g/mol. The number of carbonyl (C=O) groups is 1. The predicted octanol–water partition coefficient (Wildman–Crippen LogP) is -1.86. The average Bonchev–Trinajstić information content (AvgIpc) is 2.16. The number of hydrogen-bond donors (Lipinski definition) is 1. The van der Waals surface area contributed by atoms with Crippen molar-refractivity contribution < 1.29 is 14.4 Å². The van der Waals surface area contributed by atoms with E-state index in [0.29, 0.717) is 4.73 Å². The van der Waals surface area contributed by atoms with Gasteiger partial charge in [-0.15, -0.1) is 0 Å². The number of esters is 1. The summed E-state index contributed by atoms with van der Waals surface area (Å²) in [5.74, 6) is -0.680. The molecule has 0 bridgehead atoms. The van der Waals surface area contributed by atoms with Crippen molar-refractivity contribution in [2.24, 2.45) is 0 Å². The van der Waals surface area contributed by atoms with Gasteiger partial charge in [-0.1, -0.05) is 4.73 Å². The number of ether oxygens (including phenoxy) is 1. The minimum Gasteiger partial charge on any atom is -0.466 e. The van der Waals surface area contributed by atoms with Crippen molar-refractivity contribution in [3.05, 3.63) is 33.1 Å². The maximum atomic E-state index is 11.0. The third kappa shape index (κ3) is 2.22. The number of rotatable bonds is 3. The predicted molar refractivity (Wildman–Crippen MR) is 44.8 cm³/mol. The Balaban J connectivity index is 2.82. The standard InChI is InChI=1S/C7H8N2O5/c1-13-6(11)4-14-9-5(10)2-3-8-7(9)12/h2-3H,4H2,1H3,(H,8,12). The van der Waals surface area contributed by atoms with Crippen molar-refractivity contribution in [3.8, 4) is 0 Å². The Morgan fingerprint density at radius 2 is 2.29 bits per heavy atom. The van der Waals surface area contributed by atoms with E-state index < -0.39 is 23.8 Å². The summed E-state index contributed by atoms with van der Waals surface area (Å²) in [7, 11) is 1.17. The zero-order chi connectivity index (χ0) is 10.6. The number of hydrogen-bond acceptors (Lipinski definition) is 5. The molecule has 76 valence electrons. The molecule has 0 aliphatic heterocycles. The summed E-state index contributed by atoms with van der Waals surface area (Å²) in [5.41, 5.74) is -1.40. The van der Waals surface area contributed by atoms with Crippen molar-refractivity contribution in [1.29, 1.82) is 0 Å². The lowest BCUT2D eigenvalue weighted by Crippen LogP contribution is -2.40. The zero-order valence-corrected chi connectivity index (χ0v) is 7.35. The number of aromatic amines is 1. The van der Waals surface area contributed by atoms with E-state index in [9.17, 15) is 14.4 Å². The molecule has 1 heterocycles. The highest BCUT2D eigenvalue weighted by atomic mass is 16.7. The molecule has 0 aliphatic rings. The van der Waals surface area contributed by atoms with E-state index in [2.05, 4.69) is 14.6 Å². The van der Waals surface area contributed by atoms with Gasteiger partial charge in [0.2, 0.25) is 6.61 Å². The number of methoxy groups -OCH3 is 1. The van der Waals surface area contributed by atoms with Gasteiger partial charge in [0.1, 0.15) is 0 Å². The topological polar surface area (TPSA) is 90.4 Å². The van der Waals surface area contributed by atoms with Crippen LogP contribution in [-0.2, 0) is 9.53 Å². The van der Waals surface area contributed by atoms with Crippen molar-refractivity contribution >= 4 is 5.97 Å². The first-order chi connectivity index (χ1) is 6.65. The van der Waals surface area contributed by atoms with Gasteiger partial charge in [0.25, 0.3) is 5.56 Å². The quantitative estimate of drug-likeness (QED) is 0.578. The molecule has 0 fully saturated rings. The molecule has 0 aromatic carbocycles. The maximum Gasteiger partial charge on any atom is 0.361 e. The second kappa shape index (κ2) is 4.26. The van der Waals surface area contributed by atoms with Gasteiger partial charge in [-0.2, -0.15) is 0 Å². The zero-order valence-electron chi connectivity index (χ0n) is 7.35. The molecule has 1 N–H and O–H groups in total. The largest absolute Gasteiger partial charge is 0.466 e. The maximum absolute atomic E-state index is 11.0. The van der Waals surface area contributed by atoms with Gasteiger partial charge in [0.15, 0.2) is 0 Å². The van der Waals surface area contributed by atoms with E-state index in [0.717, 1.165) is 6.07 Å². The van der Waals surface area contributed by atoms with Crippen molar-refractivity contribution in [2.45, 2.75) is 0 Å². The molecule has 7 nitrogen and oxygen atoms in total. The van der Waals surface area contributed by atoms with E-state index in [-0.39, 0.29) is 0 Å². The Labute approximate surface area is 77.8 Å². The first-order valence-corrected chi connectivity index (χ1v) is 3.66. The lowest BCUT2D eigenvalue weighted by molar-refractivity contribution is -0.146. The van der Waals surface area contributed by atoms with Crippen molar-refractivity contribution in [2.75, 3.05) is 13.7 Å². The molecule has 0 unspecified atom stereocenters. The van der Waals surface area contributed by atoms with Gasteiger partial charge in [-0.25, -0.2) is 9.59 Å². The number of carbonyl (C=O) groups excluding carboxylic acids is 1. The smallest absolute Gasteiger partial charge is 0.361 e. The normalized spacial score (nSPS) is 9.50. The van der Waals surface area contributed by atoms with E-state index in [1.54, 1.807) is 0 Å².